The third kappa shape index (κ3) is 6.79. The number of amides is 2. The molecule has 0 spiro atoms. The van der Waals surface area contributed by atoms with Crippen molar-refractivity contribution in [2.24, 2.45) is 10.9 Å². The molecule has 1 aliphatic rings. The topological polar surface area (TPSA) is 73.8 Å². The lowest BCUT2D eigenvalue weighted by molar-refractivity contribution is 0.0652. The molecule has 2 N–H and O–H groups in total. The maximum atomic E-state index is 12.3. The first-order chi connectivity index (χ1) is 12.5. The van der Waals surface area contributed by atoms with Crippen LogP contribution < -0.4 is 10.6 Å². The smallest absolute Gasteiger partial charge is 0.261 e. The van der Waals surface area contributed by atoms with Gasteiger partial charge in [-0.05, 0) is 43.7 Å². The zero-order valence-corrected chi connectivity index (χ0v) is 18.8. The Morgan fingerprint density at radius 3 is 2.07 bits per heavy atom. The van der Waals surface area contributed by atoms with Gasteiger partial charge in [-0.25, -0.2) is 0 Å². The number of imide groups is 1. The number of nitrogens with zero attached hydrogens (tertiary/aromatic N) is 2. The van der Waals surface area contributed by atoms with Crippen molar-refractivity contribution in [1.29, 1.82) is 0 Å². The third-order valence-electron chi connectivity index (χ3n) is 4.45. The molecule has 2 rings (SSSR count). The number of hydrogen-bond donors (Lipinski definition) is 2. The Kier molecular flexibility index (Phi) is 10.4. The summed E-state index contributed by atoms with van der Waals surface area (Å²) in [6, 6.07) is 7.01. The molecule has 0 radical (unpaired) electrons. The van der Waals surface area contributed by atoms with E-state index in [9.17, 15) is 9.59 Å². The van der Waals surface area contributed by atoms with Gasteiger partial charge in [-0.15, -0.1) is 24.0 Å². The summed E-state index contributed by atoms with van der Waals surface area (Å²) in [6.45, 7) is 6.57. The second kappa shape index (κ2) is 11.9. The highest BCUT2D eigenvalue weighted by molar-refractivity contribution is 14.0. The highest BCUT2D eigenvalue weighted by Gasteiger charge is 2.34. The van der Waals surface area contributed by atoms with Crippen LogP contribution in [0.2, 0.25) is 0 Å². The van der Waals surface area contributed by atoms with Crippen LogP contribution in [0.3, 0.4) is 0 Å². The number of carbonyl (C=O) groups excluding carboxylic acids is 2. The lowest BCUT2D eigenvalue weighted by Gasteiger charge is -2.15. The van der Waals surface area contributed by atoms with Crippen LogP contribution in [0.1, 0.15) is 60.2 Å². The van der Waals surface area contributed by atoms with Gasteiger partial charge in [0, 0.05) is 26.7 Å². The Morgan fingerprint density at radius 1 is 1.00 bits per heavy atom. The van der Waals surface area contributed by atoms with Crippen LogP contribution in [0.25, 0.3) is 0 Å². The molecule has 0 aromatic heterocycles. The van der Waals surface area contributed by atoms with Crippen LogP contribution in [0, 0.1) is 5.92 Å². The van der Waals surface area contributed by atoms with Crippen molar-refractivity contribution in [1.82, 2.24) is 15.5 Å². The van der Waals surface area contributed by atoms with Crippen LogP contribution in [-0.2, 0) is 0 Å². The lowest BCUT2D eigenvalue weighted by atomic mass is 10.1. The Labute approximate surface area is 179 Å². The Hall–Kier alpha value is -1.64. The van der Waals surface area contributed by atoms with E-state index in [0.29, 0.717) is 23.6 Å². The van der Waals surface area contributed by atoms with Crippen molar-refractivity contribution in [2.45, 2.75) is 39.5 Å². The lowest BCUT2D eigenvalue weighted by Crippen LogP contribution is -2.38. The summed E-state index contributed by atoms with van der Waals surface area (Å²) in [4.78, 5) is 30.1. The first kappa shape index (κ1) is 23.4. The number of rotatable bonds is 9. The molecule has 150 valence electrons. The number of aliphatic imine (C=N–C) groups is 1. The van der Waals surface area contributed by atoms with Gasteiger partial charge in [0.2, 0.25) is 0 Å². The zero-order chi connectivity index (χ0) is 18.9. The second-order valence-electron chi connectivity index (χ2n) is 6.98. The SMILES string of the molecule is CN=C(NCCCCN1C(=O)c2ccccc2C1=O)NCCCC(C)C.I. The summed E-state index contributed by atoms with van der Waals surface area (Å²) in [7, 11) is 1.76. The number of nitrogens with one attached hydrogen (secondary N) is 2. The maximum Gasteiger partial charge on any atom is 0.261 e. The fourth-order valence-corrected chi connectivity index (χ4v) is 2.98. The molecule has 2 amide bonds. The Balaban J connectivity index is 0.00000364. The van der Waals surface area contributed by atoms with Gasteiger partial charge in [0.15, 0.2) is 5.96 Å². The molecule has 0 saturated heterocycles. The minimum atomic E-state index is -0.179. The number of halogens is 1. The van der Waals surface area contributed by atoms with E-state index in [1.807, 2.05) is 0 Å². The molecular weight excluding hydrogens is 455 g/mol. The van der Waals surface area contributed by atoms with Crippen molar-refractivity contribution in [3.63, 3.8) is 0 Å². The minimum Gasteiger partial charge on any atom is -0.356 e. The van der Waals surface area contributed by atoms with E-state index in [1.165, 1.54) is 11.3 Å². The number of benzene rings is 1. The van der Waals surface area contributed by atoms with Gasteiger partial charge in [-0.2, -0.15) is 0 Å². The molecule has 0 saturated carbocycles. The standard InChI is InChI=1S/C20H30N4O2.HI/c1-15(2)9-8-13-23-20(21-3)22-12-6-7-14-24-18(25)16-10-4-5-11-17(16)19(24)26;/h4-5,10-11,15H,6-9,12-14H2,1-3H3,(H2,21,22,23);1H. The van der Waals surface area contributed by atoms with Gasteiger partial charge in [-0.3, -0.25) is 19.5 Å². The number of guanidine groups is 1. The predicted molar refractivity (Wildman–Crippen MR) is 120 cm³/mol. The van der Waals surface area contributed by atoms with Crippen molar-refractivity contribution in [3.8, 4) is 0 Å². The van der Waals surface area contributed by atoms with E-state index in [-0.39, 0.29) is 35.8 Å². The summed E-state index contributed by atoms with van der Waals surface area (Å²) in [6.07, 6.45) is 3.95. The van der Waals surface area contributed by atoms with Crippen molar-refractivity contribution in [3.05, 3.63) is 35.4 Å². The van der Waals surface area contributed by atoms with Crippen LogP contribution in [0.5, 0.6) is 0 Å². The number of carbonyl (C=O) groups is 2. The molecule has 1 aromatic rings. The fourth-order valence-electron chi connectivity index (χ4n) is 2.98. The summed E-state index contributed by atoms with van der Waals surface area (Å²) in [5.74, 6) is 1.16. The first-order valence-corrected chi connectivity index (χ1v) is 9.44. The van der Waals surface area contributed by atoms with Crippen LogP contribution in [0.4, 0.5) is 0 Å². The van der Waals surface area contributed by atoms with E-state index in [0.717, 1.165) is 38.3 Å². The third-order valence-corrected chi connectivity index (χ3v) is 4.45. The van der Waals surface area contributed by atoms with E-state index >= 15 is 0 Å². The second-order valence-corrected chi connectivity index (χ2v) is 6.98. The minimum absolute atomic E-state index is 0. The summed E-state index contributed by atoms with van der Waals surface area (Å²) in [5.41, 5.74) is 1.03. The van der Waals surface area contributed by atoms with E-state index < -0.39 is 0 Å². The number of fused-ring (bicyclic) bond motifs is 1. The quantitative estimate of drug-likeness (QED) is 0.185. The predicted octanol–water partition coefficient (Wildman–Crippen LogP) is 3.28. The number of unbranched alkanes of at least 4 members (excludes halogenated alkanes) is 1. The van der Waals surface area contributed by atoms with E-state index in [4.69, 9.17) is 0 Å². The maximum absolute atomic E-state index is 12.3. The Bertz CT molecular complexity index is 626. The number of hydrogen-bond acceptors (Lipinski definition) is 3. The molecule has 1 aliphatic heterocycles. The van der Waals surface area contributed by atoms with Crippen LogP contribution in [-0.4, -0.2) is 49.4 Å². The van der Waals surface area contributed by atoms with Gasteiger partial charge in [-0.1, -0.05) is 26.0 Å². The average Bonchev–Trinajstić information content (AvgIpc) is 2.88. The largest absolute Gasteiger partial charge is 0.356 e. The molecule has 1 aromatic carbocycles. The molecule has 6 nitrogen and oxygen atoms in total. The van der Waals surface area contributed by atoms with Gasteiger partial charge >= 0.3 is 0 Å². The highest BCUT2D eigenvalue weighted by Crippen LogP contribution is 2.22. The molecule has 0 fully saturated rings. The molecule has 0 atom stereocenters. The molecule has 27 heavy (non-hydrogen) atoms. The van der Waals surface area contributed by atoms with Crippen LogP contribution >= 0.6 is 24.0 Å². The normalized spacial score (nSPS) is 13.6. The molecule has 1 heterocycles. The molecule has 0 unspecified atom stereocenters. The van der Waals surface area contributed by atoms with Crippen LogP contribution in [0.15, 0.2) is 29.3 Å². The molecular formula is C20H31IN4O2. The Morgan fingerprint density at radius 2 is 1.56 bits per heavy atom. The summed E-state index contributed by atoms with van der Waals surface area (Å²) < 4.78 is 0. The molecule has 7 heteroatoms. The first-order valence-electron chi connectivity index (χ1n) is 9.44. The van der Waals surface area contributed by atoms with E-state index in [2.05, 4.69) is 29.5 Å². The summed E-state index contributed by atoms with van der Waals surface area (Å²) >= 11 is 0. The molecule has 0 aliphatic carbocycles. The van der Waals surface area contributed by atoms with Gasteiger partial charge < -0.3 is 10.6 Å². The van der Waals surface area contributed by atoms with Gasteiger partial charge in [0.05, 0.1) is 11.1 Å². The zero-order valence-electron chi connectivity index (χ0n) is 16.5. The van der Waals surface area contributed by atoms with Crippen molar-refractivity contribution in [2.75, 3.05) is 26.7 Å². The van der Waals surface area contributed by atoms with Crippen molar-refractivity contribution < 1.29 is 9.59 Å². The van der Waals surface area contributed by atoms with Crippen molar-refractivity contribution >= 4 is 41.8 Å². The van der Waals surface area contributed by atoms with Gasteiger partial charge in [0.1, 0.15) is 0 Å². The van der Waals surface area contributed by atoms with E-state index in [1.54, 1.807) is 31.3 Å². The highest BCUT2D eigenvalue weighted by atomic mass is 127. The molecule has 0 bridgehead atoms. The summed E-state index contributed by atoms with van der Waals surface area (Å²) in [5, 5.41) is 6.58. The fraction of sp³-hybridized carbons (Fsp3) is 0.550. The average molecular weight is 486 g/mol. The monoisotopic (exact) mass is 486 g/mol. The van der Waals surface area contributed by atoms with Gasteiger partial charge in [0.25, 0.3) is 11.8 Å².